The molecule has 1 aliphatic heterocycles. The van der Waals surface area contributed by atoms with E-state index in [1.54, 1.807) is 0 Å². The molecular weight excluding hydrogens is 238 g/mol. The van der Waals surface area contributed by atoms with Crippen LogP contribution in [0.3, 0.4) is 0 Å². The number of likely N-dealkylation sites (N-methyl/N-ethyl adjacent to an activating group) is 1. The van der Waals surface area contributed by atoms with E-state index < -0.39 is 0 Å². The van der Waals surface area contributed by atoms with Crippen molar-refractivity contribution in [2.24, 2.45) is 5.73 Å². The van der Waals surface area contributed by atoms with Crippen LogP contribution in [0.2, 0.25) is 0 Å². The van der Waals surface area contributed by atoms with Crippen molar-refractivity contribution in [3.8, 4) is 5.75 Å². The fourth-order valence-electron chi connectivity index (χ4n) is 2.54. The van der Waals surface area contributed by atoms with Gasteiger partial charge in [0.15, 0.2) is 0 Å². The van der Waals surface area contributed by atoms with Gasteiger partial charge < -0.3 is 15.4 Å². The van der Waals surface area contributed by atoms with Gasteiger partial charge in [-0.25, -0.2) is 0 Å². The lowest BCUT2D eigenvalue weighted by molar-refractivity contribution is 0.0890. The summed E-state index contributed by atoms with van der Waals surface area (Å²) in [5.74, 6) is 0.955. The van der Waals surface area contributed by atoms with E-state index in [0.717, 1.165) is 51.5 Å². The quantitative estimate of drug-likeness (QED) is 0.778. The van der Waals surface area contributed by atoms with Crippen LogP contribution in [0.1, 0.15) is 6.42 Å². The predicted molar refractivity (Wildman–Crippen MR) is 78.5 cm³/mol. The van der Waals surface area contributed by atoms with Crippen molar-refractivity contribution >= 4 is 0 Å². The summed E-state index contributed by atoms with van der Waals surface area (Å²) in [7, 11) is 2.17. The summed E-state index contributed by atoms with van der Waals surface area (Å²) in [5.41, 5.74) is 5.85. The molecule has 0 aliphatic carbocycles. The maximum absolute atomic E-state index is 5.85. The third-order valence-electron chi connectivity index (χ3n) is 3.68. The summed E-state index contributed by atoms with van der Waals surface area (Å²) in [5, 5.41) is 0. The van der Waals surface area contributed by atoms with Crippen LogP contribution >= 0.6 is 0 Å². The van der Waals surface area contributed by atoms with Gasteiger partial charge in [0.2, 0.25) is 0 Å². The van der Waals surface area contributed by atoms with Crippen molar-refractivity contribution in [1.82, 2.24) is 9.80 Å². The Morgan fingerprint density at radius 2 is 2.05 bits per heavy atom. The Morgan fingerprint density at radius 3 is 2.79 bits per heavy atom. The first-order valence-electron chi connectivity index (χ1n) is 7.10. The zero-order chi connectivity index (χ0) is 13.5. The highest BCUT2D eigenvalue weighted by atomic mass is 16.5. The van der Waals surface area contributed by atoms with Crippen LogP contribution in [0.15, 0.2) is 30.3 Å². The van der Waals surface area contributed by atoms with E-state index in [9.17, 15) is 0 Å². The largest absolute Gasteiger partial charge is 0.494 e. The summed E-state index contributed by atoms with van der Waals surface area (Å²) < 4.78 is 5.72. The second-order valence-electron chi connectivity index (χ2n) is 5.20. The van der Waals surface area contributed by atoms with Crippen LogP contribution in [0.5, 0.6) is 5.75 Å². The van der Waals surface area contributed by atoms with Crippen molar-refractivity contribution in [2.75, 3.05) is 46.4 Å². The molecule has 4 heteroatoms. The zero-order valence-corrected chi connectivity index (χ0v) is 11.8. The van der Waals surface area contributed by atoms with Crippen molar-refractivity contribution in [3.63, 3.8) is 0 Å². The number of rotatable bonds is 6. The topological polar surface area (TPSA) is 41.7 Å². The van der Waals surface area contributed by atoms with Gasteiger partial charge in [-0.1, -0.05) is 18.2 Å². The lowest BCUT2D eigenvalue weighted by Gasteiger charge is -2.39. The number of para-hydroxylation sites is 1. The molecule has 106 valence electrons. The highest BCUT2D eigenvalue weighted by Crippen LogP contribution is 2.10. The summed E-state index contributed by atoms with van der Waals surface area (Å²) in [4.78, 5) is 4.85. The summed E-state index contributed by atoms with van der Waals surface area (Å²) >= 11 is 0. The fourth-order valence-corrected chi connectivity index (χ4v) is 2.54. The van der Waals surface area contributed by atoms with Crippen LogP contribution in [-0.4, -0.2) is 62.2 Å². The Bertz CT molecular complexity index is 358. The first-order valence-corrected chi connectivity index (χ1v) is 7.10. The third kappa shape index (κ3) is 4.49. The Labute approximate surface area is 116 Å². The van der Waals surface area contributed by atoms with Gasteiger partial charge in [-0.05, 0) is 25.6 Å². The molecule has 1 aromatic rings. The smallest absolute Gasteiger partial charge is 0.119 e. The third-order valence-corrected chi connectivity index (χ3v) is 3.68. The van der Waals surface area contributed by atoms with Gasteiger partial charge in [0.25, 0.3) is 0 Å². The number of hydrogen-bond acceptors (Lipinski definition) is 4. The molecule has 0 saturated carbocycles. The van der Waals surface area contributed by atoms with Crippen LogP contribution in [0, 0.1) is 0 Å². The number of hydrogen-bond donors (Lipinski definition) is 1. The van der Waals surface area contributed by atoms with E-state index >= 15 is 0 Å². The SMILES string of the molecule is CN1CCN(CCCOc2ccccc2)C(CN)C1. The van der Waals surface area contributed by atoms with Crippen molar-refractivity contribution in [1.29, 1.82) is 0 Å². The molecule has 0 radical (unpaired) electrons. The summed E-state index contributed by atoms with van der Waals surface area (Å²) in [6.45, 7) is 5.91. The second kappa shape index (κ2) is 7.48. The molecule has 1 heterocycles. The highest BCUT2D eigenvalue weighted by Gasteiger charge is 2.23. The van der Waals surface area contributed by atoms with Crippen LogP contribution in [0.4, 0.5) is 0 Å². The summed E-state index contributed by atoms with van der Waals surface area (Å²) in [6.07, 6.45) is 1.05. The number of piperazine rings is 1. The van der Waals surface area contributed by atoms with Crippen molar-refractivity contribution < 1.29 is 4.74 Å². The van der Waals surface area contributed by atoms with E-state index in [1.807, 2.05) is 30.3 Å². The molecule has 0 amide bonds. The van der Waals surface area contributed by atoms with Gasteiger partial charge in [0.05, 0.1) is 6.61 Å². The van der Waals surface area contributed by atoms with Gasteiger partial charge in [-0.2, -0.15) is 0 Å². The number of nitrogens with two attached hydrogens (primary N) is 1. The monoisotopic (exact) mass is 263 g/mol. The number of nitrogens with zero attached hydrogens (tertiary/aromatic N) is 2. The molecule has 1 aromatic carbocycles. The number of ether oxygens (including phenoxy) is 1. The molecule has 19 heavy (non-hydrogen) atoms. The lowest BCUT2D eigenvalue weighted by Crippen LogP contribution is -2.55. The zero-order valence-electron chi connectivity index (χ0n) is 11.8. The Kier molecular flexibility index (Phi) is 5.63. The van der Waals surface area contributed by atoms with Crippen LogP contribution < -0.4 is 10.5 Å². The Balaban J connectivity index is 1.67. The van der Waals surface area contributed by atoms with Gasteiger partial charge in [-0.3, -0.25) is 4.90 Å². The van der Waals surface area contributed by atoms with E-state index in [-0.39, 0.29) is 0 Å². The van der Waals surface area contributed by atoms with E-state index in [0.29, 0.717) is 6.04 Å². The molecule has 0 spiro atoms. The molecule has 0 aromatic heterocycles. The minimum Gasteiger partial charge on any atom is -0.494 e. The minimum atomic E-state index is 0.496. The van der Waals surface area contributed by atoms with Gasteiger partial charge >= 0.3 is 0 Å². The van der Waals surface area contributed by atoms with Crippen LogP contribution in [-0.2, 0) is 0 Å². The second-order valence-corrected chi connectivity index (χ2v) is 5.20. The first kappa shape index (κ1) is 14.3. The standard InChI is InChI=1S/C15H25N3O/c1-17-9-10-18(14(12-16)13-17)8-5-11-19-15-6-3-2-4-7-15/h2-4,6-7,14H,5,8-13,16H2,1H3. The number of benzene rings is 1. The predicted octanol–water partition coefficient (Wildman–Crippen LogP) is 1.03. The maximum Gasteiger partial charge on any atom is 0.119 e. The molecule has 1 saturated heterocycles. The van der Waals surface area contributed by atoms with E-state index in [2.05, 4.69) is 16.8 Å². The molecule has 1 aliphatic rings. The van der Waals surface area contributed by atoms with Crippen LogP contribution in [0.25, 0.3) is 0 Å². The average Bonchev–Trinajstić information content (AvgIpc) is 2.46. The fraction of sp³-hybridized carbons (Fsp3) is 0.600. The Hall–Kier alpha value is -1.10. The molecule has 2 N–H and O–H groups in total. The molecule has 1 unspecified atom stereocenters. The molecule has 0 bridgehead atoms. The molecule has 1 atom stereocenters. The van der Waals surface area contributed by atoms with Crippen molar-refractivity contribution in [2.45, 2.75) is 12.5 Å². The highest BCUT2D eigenvalue weighted by molar-refractivity contribution is 5.20. The summed E-state index contributed by atoms with van der Waals surface area (Å²) in [6, 6.07) is 10.5. The lowest BCUT2D eigenvalue weighted by atomic mass is 10.1. The molecule has 4 nitrogen and oxygen atoms in total. The normalized spacial score (nSPS) is 21.5. The van der Waals surface area contributed by atoms with Gasteiger partial charge in [0, 0.05) is 38.8 Å². The molecule has 1 fully saturated rings. The van der Waals surface area contributed by atoms with E-state index in [1.165, 1.54) is 0 Å². The minimum absolute atomic E-state index is 0.496. The molecule has 2 rings (SSSR count). The Morgan fingerprint density at radius 1 is 1.26 bits per heavy atom. The average molecular weight is 263 g/mol. The maximum atomic E-state index is 5.85. The first-order chi connectivity index (χ1) is 9.29. The van der Waals surface area contributed by atoms with Gasteiger partial charge in [-0.15, -0.1) is 0 Å². The van der Waals surface area contributed by atoms with Gasteiger partial charge in [0.1, 0.15) is 5.75 Å². The molecular formula is C15H25N3O. The van der Waals surface area contributed by atoms with E-state index in [4.69, 9.17) is 10.5 Å². The van der Waals surface area contributed by atoms with Crippen molar-refractivity contribution in [3.05, 3.63) is 30.3 Å².